The fourth-order valence-corrected chi connectivity index (χ4v) is 10.9. The maximum Gasteiger partial charge on any atom is 0.268 e. The number of phosphoric acid groups is 1. The maximum atomic E-state index is 13.0. The third-order valence-electron chi connectivity index (χ3n) is 15.6. The Hall–Kier alpha value is -2.32. The molecule has 0 heterocycles. The average Bonchev–Trinajstić information content (AvgIpc) is 3.47. The number of amides is 1. The molecule has 9 heteroatoms. The molecular weight excluding hydrogens is 1030 g/mol. The molecule has 478 valence electrons. The third kappa shape index (κ3) is 65.2. The Kier molecular flexibility index (Phi) is 61.4. The van der Waals surface area contributed by atoms with Crippen molar-refractivity contribution in [3.05, 3.63) is 85.1 Å². The van der Waals surface area contributed by atoms with Gasteiger partial charge in [-0.1, -0.05) is 324 Å². The number of hydrogen-bond donors (Lipinski definition) is 2. The SMILES string of the molecule is CC/C=C\C/C=C\C/C=C\C/C=C\C/C=C\CCCCCCCCCCCCCCCCCC(=O)NC(COP(=O)([O-])OCC[N+](C)(C)C)C(O)/C=C/CC/C=C/CCCCCCCCCCCCCCCCCCCCCCCCC. The maximum absolute atomic E-state index is 13.0. The van der Waals surface area contributed by atoms with Crippen LogP contribution in [0.25, 0.3) is 0 Å². The van der Waals surface area contributed by atoms with E-state index >= 15 is 0 Å². The molecule has 0 saturated carbocycles. The molecule has 0 aliphatic heterocycles. The number of quaternary nitrogens is 1. The molecule has 0 radical (unpaired) electrons. The highest BCUT2D eigenvalue weighted by Crippen LogP contribution is 2.38. The first kappa shape index (κ1) is 79.7. The molecule has 0 rings (SSSR count). The number of carbonyl (C=O) groups is 1. The average molecular weight is 1170 g/mol. The van der Waals surface area contributed by atoms with E-state index in [2.05, 4.69) is 92.1 Å². The van der Waals surface area contributed by atoms with Gasteiger partial charge in [-0.25, -0.2) is 0 Å². The summed E-state index contributed by atoms with van der Waals surface area (Å²) in [5, 5.41) is 13.9. The smallest absolute Gasteiger partial charge is 0.268 e. The third-order valence-corrected chi connectivity index (χ3v) is 16.6. The van der Waals surface area contributed by atoms with Crippen LogP contribution in [-0.4, -0.2) is 68.5 Å². The van der Waals surface area contributed by atoms with Crippen molar-refractivity contribution in [3.63, 3.8) is 0 Å². The van der Waals surface area contributed by atoms with Crippen molar-refractivity contribution in [2.45, 2.75) is 334 Å². The van der Waals surface area contributed by atoms with Crippen molar-refractivity contribution in [3.8, 4) is 0 Å². The number of likely N-dealkylation sites (N-methyl/N-ethyl adjacent to an activating group) is 1. The van der Waals surface area contributed by atoms with Gasteiger partial charge in [0.2, 0.25) is 5.91 Å². The number of allylic oxidation sites excluding steroid dienone is 13. The van der Waals surface area contributed by atoms with Crippen LogP contribution in [-0.2, 0) is 18.4 Å². The summed E-state index contributed by atoms with van der Waals surface area (Å²) in [4.78, 5) is 25.6. The minimum absolute atomic E-state index is 0.00834. The topological polar surface area (TPSA) is 108 Å². The van der Waals surface area contributed by atoms with E-state index in [4.69, 9.17) is 9.05 Å². The van der Waals surface area contributed by atoms with Crippen LogP contribution >= 0.6 is 7.82 Å². The lowest BCUT2D eigenvalue weighted by atomic mass is 10.0. The summed E-state index contributed by atoms with van der Waals surface area (Å²) < 4.78 is 23.4. The van der Waals surface area contributed by atoms with E-state index in [1.54, 1.807) is 6.08 Å². The van der Waals surface area contributed by atoms with Crippen LogP contribution in [0.3, 0.4) is 0 Å². The second kappa shape index (κ2) is 63.2. The minimum atomic E-state index is -4.62. The standard InChI is InChI=1S/C73H135N2O6P/c1-6-8-10-12-14-16-18-20-22-24-26-28-30-32-34-36-37-39-41-43-45-47-49-51-53-55-57-59-61-63-65-67-73(77)74-71(70-81-82(78,79)80-69-68-75(3,4)5)72(76)66-64-62-60-58-56-54-52-50-48-46-44-42-40-38-35-33-31-29-27-25-23-21-19-17-15-13-11-9-7-2/h8,10,14,16,20,22,26,28,32,34,56,58,64,66,71-72,76H,6-7,9,11-13,15,17-19,21,23-25,27,29-31,33,35-55,57,59-63,65,67-70H2,1-5H3,(H-,74,77,78,79)/b10-8-,16-14-,22-20-,28-26-,34-32-,58-56+,66-64+. The summed E-state index contributed by atoms with van der Waals surface area (Å²) >= 11 is 0. The normalized spacial score (nSPS) is 14.2. The molecule has 1 amide bonds. The Morgan fingerprint density at radius 2 is 0.756 bits per heavy atom. The van der Waals surface area contributed by atoms with Crippen molar-refractivity contribution in [1.82, 2.24) is 5.32 Å². The zero-order chi connectivity index (χ0) is 59.8. The van der Waals surface area contributed by atoms with Crippen LogP contribution in [0, 0.1) is 0 Å². The lowest BCUT2D eigenvalue weighted by Gasteiger charge is -2.29. The van der Waals surface area contributed by atoms with Gasteiger partial charge in [0.25, 0.3) is 7.82 Å². The predicted octanol–water partition coefficient (Wildman–Crippen LogP) is 21.7. The van der Waals surface area contributed by atoms with E-state index in [0.29, 0.717) is 17.4 Å². The molecular formula is C73H135N2O6P. The molecule has 0 fully saturated rings. The lowest BCUT2D eigenvalue weighted by molar-refractivity contribution is -0.870. The number of nitrogens with zero attached hydrogens (tertiary/aromatic N) is 1. The van der Waals surface area contributed by atoms with E-state index in [9.17, 15) is 19.4 Å². The van der Waals surface area contributed by atoms with Gasteiger partial charge >= 0.3 is 0 Å². The molecule has 8 nitrogen and oxygen atoms in total. The number of unbranched alkanes of at least 4 members (excludes halogenated alkanes) is 39. The van der Waals surface area contributed by atoms with Crippen molar-refractivity contribution in [2.75, 3.05) is 40.9 Å². The van der Waals surface area contributed by atoms with Crippen LogP contribution < -0.4 is 10.2 Å². The van der Waals surface area contributed by atoms with Crippen LogP contribution in [0.5, 0.6) is 0 Å². The van der Waals surface area contributed by atoms with Gasteiger partial charge in [0, 0.05) is 6.42 Å². The van der Waals surface area contributed by atoms with E-state index in [-0.39, 0.29) is 12.5 Å². The Bertz CT molecular complexity index is 1610. The first-order valence-corrected chi connectivity index (χ1v) is 36.4. The van der Waals surface area contributed by atoms with Gasteiger partial charge in [0.1, 0.15) is 13.2 Å². The van der Waals surface area contributed by atoms with Crippen LogP contribution in [0.15, 0.2) is 85.1 Å². The van der Waals surface area contributed by atoms with Crippen LogP contribution in [0.2, 0.25) is 0 Å². The number of nitrogens with one attached hydrogen (secondary N) is 1. The van der Waals surface area contributed by atoms with Crippen LogP contribution in [0.4, 0.5) is 0 Å². The van der Waals surface area contributed by atoms with Gasteiger partial charge in [-0.15, -0.1) is 0 Å². The summed E-state index contributed by atoms with van der Waals surface area (Å²) in [5.41, 5.74) is 0. The van der Waals surface area contributed by atoms with E-state index in [1.165, 1.54) is 231 Å². The molecule has 0 aliphatic carbocycles. The molecule has 0 aromatic carbocycles. The molecule has 0 bridgehead atoms. The predicted molar refractivity (Wildman–Crippen MR) is 357 cm³/mol. The zero-order valence-corrected chi connectivity index (χ0v) is 55.6. The quantitative estimate of drug-likeness (QED) is 0.0272. The highest BCUT2D eigenvalue weighted by atomic mass is 31.2. The van der Waals surface area contributed by atoms with Crippen molar-refractivity contribution >= 4 is 13.7 Å². The summed E-state index contributed by atoms with van der Waals surface area (Å²) in [6, 6.07) is -0.909. The number of hydrogen-bond acceptors (Lipinski definition) is 6. The summed E-state index contributed by atoms with van der Waals surface area (Å²) in [5.74, 6) is -0.206. The lowest BCUT2D eigenvalue weighted by Crippen LogP contribution is -2.45. The molecule has 3 unspecified atom stereocenters. The van der Waals surface area contributed by atoms with E-state index in [0.717, 1.165) is 70.6 Å². The second-order valence-electron chi connectivity index (χ2n) is 24.8. The van der Waals surface area contributed by atoms with Gasteiger partial charge in [-0.3, -0.25) is 9.36 Å². The largest absolute Gasteiger partial charge is 0.756 e. The van der Waals surface area contributed by atoms with Crippen molar-refractivity contribution in [1.29, 1.82) is 0 Å². The van der Waals surface area contributed by atoms with Crippen molar-refractivity contribution < 1.29 is 32.9 Å². The number of aliphatic hydroxyl groups is 1. The second-order valence-corrected chi connectivity index (χ2v) is 26.3. The van der Waals surface area contributed by atoms with Gasteiger partial charge in [-0.05, 0) is 77.0 Å². The molecule has 0 aromatic rings. The molecule has 0 saturated heterocycles. The fraction of sp³-hybridized carbons (Fsp3) is 0.795. The molecule has 2 N–H and O–H groups in total. The first-order chi connectivity index (χ1) is 40.0. The van der Waals surface area contributed by atoms with Crippen LogP contribution in [0.1, 0.15) is 322 Å². The summed E-state index contributed by atoms with van der Waals surface area (Å²) in [6.07, 6.45) is 89.9. The zero-order valence-electron chi connectivity index (χ0n) is 54.7. The Labute approximate surface area is 509 Å². The molecule has 82 heavy (non-hydrogen) atoms. The van der Waals surface area contributed by atoms with Gasteiger partial charge in [0.05, 0.1) is 39.9 Å². The van der Waals surface area contributed by atoms with E-state index in [1.807, 2.05) is 27.2 Å². The van der Waals surface area contributed by atoms with Gasteiger partial charge in [0.15, 0.2) is 0 Å². The molecule has 0 spiro atoms. The number of carbonyl (C=O) groups excluding carboxylic acids is 1. The number of phosphoric ester groups is 1. The number of rotatable bonds is 64. The Balaban J connectivity index is 4.11. The van der Waals surface area contributed by atoms with Crippen molar-refractivity contribution in [2.24, 2.45) is 0 Å². The minimum Gasteiger partial charge on any atom is -0.756 e. The molecule has 3 atom stereocenters. The van der Waals surface area contributed by atoms with E-state index < -0.39 is 26.6 Å². The Morgan fingerprint density at radius 1 is 0.439 bits per heavy atom. The Morgan fingerprint density at radius 3 is 1.13 bits per heavy atom. The van der Waals surface area contributed by atoms with Gasteiger partial charge < -0.3 is 28.8 Å². The monoisotopic (exact) mass is 1170 g/mol. The highest BCUT2D eigenvalue weighted by Gasteiger charge is 2.23. The summed E-state index contributed by atoms with van der Waals surface area (Å²) in [6.45, 7) is 4.55. The highest BCUT2D eigenvalue weighted by molar-refractivity contribution is 7.45. The molecule has 0 aliphatic rings. The van der Waals surface area contributed by atoms with Gasteiger partial charge in [-0.2, -0.15) is 0 Å². The summed E-state index contributed by atoms with van der Waals surface area (Å²) in [7, 11) is 1.25. The fourth-order valence-electron chi connectivity index (χ4n) is 10.2. The molecule has 0 aromatic heterocycles. The first-order valence-electron chi connectivity index (χ1n) is 34.9. The number of aliphatic hydroxyl groups excluding tert-OH is 1.